The van der Waals surface area contributed by atoms with Gasteiger partial charge in [-0.15, -0.1) is 0 Å². The van der Waals surface area contributed by atoms with E-state index in [-0.39, 0.29) is 6.29 Å². The molecule has 3 atom stereocenters. The predicted molar refractivity (Wildman–Crippen MR) is 63.9 cm³/mol. The molecule has 0 bridgehead atoms. The van der Waals surface area contributed by atoms with Gasteiger partial charge in [-0.3, -0.25) is 13.6 Å². The normalized spacial score (nSPS) is 17.8. The van der Waals surface area contributed by atoms with Crippen LogP contribution in [0.5, 0.6) is 0 Å². The van der Waals surface area contributed by atoms with E-state index in [2.05, 4.69) is 13.6 Å². The summed E-state index contributed by atoms with van der Waals surface area (Å²) in [5, 5.41) is 8.93. The molecular formula is C5H13O14P3. The summed E-state index contributed by atoms with van der Waals surface area (Å²) in [7, 11) is -16.1. The maximum absolute atomic E-state index is 10.8. The zero-order chi connectivity index (χ0) is 17.8. The van der Waals surface area contributed by atoms with Gasteiger partial charge in [0, 0.05) is 0 Å². The quantitative estimate of drug-likeness (QED) is 0.152. The van der Waals surface area contributed by atoms with Crippen molar-refractivity contribution in [2.45, 2.75) is 18.3 Å². The second-order valence-electron chi connectivity index (χ2n) is 3.57. The molecule has 0 saturated carbocycles. The summed E-state index contributed by atoms with van der Waals surface area (Å²) in [5.41, 5.74) is 0. The fraction of sp³-hybridized carbons (Fsp3) is 0.800. The number of rotatable bonds is 10. The van der Waals surface area contributed by atoms with Crippen LogP contribution in [0, 0.1) is 0 Å². The summed E-state index contributed by atoms with van der Waals surface area (Å²) in [6.45, 7) is -1.34. The summed E-state index contributed by atoms with van der Waals surface area (Å²) in [5.74, 6) is 0. The average Bonchev–Trinajstić information content (AvgIpc) is 2.27. The maximum Gasteiger partial charge on any atom is 0.470 e. The van der Waals surface area contributed by atoms with Crippen LogP contribution in [0.15, 0.2) is 0 Å². The molecule has 0 aromatic heterocycles. The van der Waals surface area contributed by atoms with Crippen LogP contribution in [0.25, 0.3) is 0 Å². The van der Waals surface area contributed by atoms with E-state index in [0.29, 0.717) is 0 Å². The molecule has 0 heterocycles. The van der Waals surface area contributed by atoms with Crippen molar-refractivity contribution in [3.63, 3.8) is 0 Å². The molecule has 0 unspecified atom stereocenters. The Balaban J connectivity index is 5.57. The minimum absolute atomic E-state index is 0.370. The number of phosphoric acid groups is 3. The van der Waals surface area contributed by atoms with Crippen LogP contribution in [-0.4, -0.2) is 65.7 Å². The fourth-order valence-electron chi connectivity index (χ4n) is 1.19. The Morgan fingerprint density at radius 2 is 1.23 bits per heavy atom. The summed E-state index contributed by atoms with van der Waals surface area (Å²) < 4.78 is 44.0. The highest BCUT2D eigenvalue weighted by atomic mass is 31.2. The minimum atomic E-state index is -5.42. The van der Waals surface area contributed by atoms with Crippen molar-refractivity contribution in [3.8, 4) is 0 Å². The summed E-state index contributed by atoms with van der Waals surface area (Å²) >= 11 is 0. The number of carbonyl (C=O) groups excluding carboxylic acids is 1. The second kappa shape index (κ2) is 8.18. The Hall–Kier alpha value is -0.0400. The van der Waals surface area contributed by atoms with Gasteiger partial charge in [-0.25, -0.2) is 13.7 Å². The molecule has 0 aliphatic rings. The van der Waals surface area contributed by atoms with E-state index in [1.165, 1.54) is 0 Å². The molecule has 0 aliphatic heterocycles. The van der Waals surface area contributed by atoms with Crippen molar-refractivity contribution >= 4 is 29.8 Å². The molecule has 0 aliphatic carbocycles. The van der Waals surface area contributed by atoms with Gasteiger partial charge in [0.25, 0.3) is 0 Å². The van der Waals surface area contributed by atoms with E-state index in [1.54, 1.807) is 0 Å². The first-order valence-electron chi connectivity index (χ1n) is 4.96. The van der Waals surface area contributed by atoms with Crippen molar-refractivity contribution in [3.05, 3.63) is 0 Å². The van der Waals surface area contributed by atoms with Gasteiger partial charge in [0.05, 0.1) is 6.61 Å². The molecule has 7 N–H and O–H groups in total. The standard InChI is InChI=1S/C5H13O14P3/c6-1-3(17-20(8,9)10)5(19-22(14,15)16)4(2-7)18-21(11,12)13/h1,3-5,7H,2H2,(H2,8,9,10)(H2,11,12,13)(H2,14,15,16)/t3-,4+,5-/m0/s1. The number of hydrogen-bond donors (Lipinski definition) is 7. The third-order valence-corrected chi connectivity index (χ3v) is 3.38. The Labute approximate surface area is 122 Å². The average molecular weight is 390 g/mol. The third kappa shape index (κ3) is 9.87. The van der Waals surface area contributed by atoms with E-state index in [9.17, 15) is 18.5 Å². The zero-order valence-electron chi connectivity index (χ0n) is 10.3. The van der Waals surface area contributed by atoms with Crippen LogP contribution >= 0.6 is 23.5 Å². The summed E-state index contributed by atoms with van der Waals surface area (Å²) in [6, 6.07) is 0. The lowest BCUT2D eigenvalue weighted by Gasteiger charge is -2.29. The maximum atomic E-state index is 10.8. The van der Waals surface area contributed by atoms with Crippen molar-refractivity contribution in [1.82, 2.24) is 0 Å². The summed E-state index contributed by atoms with van der Waals surface area (Å²) in [6.07, 6.45) is -7.48. The van der Waals surface area contributed by atoms with Gasteiger partial charge in [-0.1, -0.05) is 0 Å². The van der Waals surface area contributed by atoms with Gasteiger partial charge in [-0.05, 0) is 0 Å². The first-order valence-corrected chi connectivity index (χ1v) is 9.55. The number of aliphatic hydroxyl groups is 1. The van der Waals surface area contributed by atoms with Crippen LogP contribution in [0.3, 0.4) is 0 Å². The number of hydrogen-bond acceptors (Lipinski definition) is 8. The van der Waals surface area contributed by atoms with E-state index in [0.717, 1.165) is 0 Å². The molecule has 14 nitrogen and oxygen atoms in total. The van der Waals surface area contributed by atoms with Crippen LogP contribution in [-0.2, 0) is 32.1 Å². The summed E-state index contributed by atoms with van der Waals surface area (Å²) in [4.78, 5) is 62.4. The molecule has 0 saturated heterocycles. The highest BCUT2D eigenvalue weighted by Gasteiger charge is 2.42. The van der Waals surface area contributed by atoms with Crippen LogP contribution < -0.4 is 0 Å². The first-order chi connectivity index (χ1) is 9.68. The fourth-order valence-corrected chi connectivity index (χ4v) is 2.79. The Morgan fingerprint density at radius 1 is 0.818 bits per heavy atom. The predicted octanol–water partition coefficient (Wildman–Crippen LogP) is -2.39. The molecular weight excluding hydrogens is 377 g/mol. The SMILES string of the molecule is O=C[C@H](OP(=O)(O)O)[C@H](OP(=O)(O)O)[C@@H](CO)OP(=O)(O)O. The van der Waals surface area contributed by atoms with Crippen LogP contribution in [0.1, 0.15) is 0 Å². The zero-order valence-corrected chi connectivity index (χ0v) is 13.0. The van der Waals surface area contributed by atoms with Gasteiger partial charge < -0.3 is 39.3 Å². The molecule has 22 heavy (non-hydrogen) atoms. The number of aliphatic hydroxyl groups excluding tert-OH is 1. The Kier molecular flexibility index (Phi) is 8.16. The van der Waals surface area contributed by atoms with E-state index >= 15 is 0 Å². The van der Waals surface area contributed by atoms with Gasteiger partial charge >= 0.3 is 23.5 Å². The lowest BCUT2D eigenvalue weighted by atomic mass is 10.1. The smallest absolute Gasteiger partial charge is 0.394 e. The third-order valence-electron chi connectivity index (χ3n) is 1.80. The Bertz CT molecular complexity index is 499. The number of aldehydes is 1. The van der Waals surface area contributed by atoms with Crippen LogP contribution in [0.2, 0.25) is 0 Å². The molecule has 0 rings (SSSR count). The van der Waals surface area contributed by atoms with Gasteiger partial charge in [0.15, 0.2) is 12.4 Å². The number of phosphoric ester groups is 3. The lowest BCUT2D eigenvalue weighted by Crippen LogP contribution is -2.44. The molecule has 0 amide bonds. The lowest BCUT2D eigenvalue weighted by molar-refractivity contribution is -0.125. The highest BCUT2D eigenvalue weighted by molar-refractivity contribution is 7.47. The van der Waals surface area contributed by atoms with E-state index in [4.69, 9.17) is 34.5 Å². The van der Waals surface area contributed by atoms with E-state index < -0.39 is 48.4 Å². The monoisotopic (exact) mass is 390 g/mol. The number of carbonyl (C=O) groups is 1. The van der Waals surface area contributed by atoms with Crippen molar-refractivity contribution in [2.24, 2.45) is 0 Å². The molecule has 0 aromatic rings. The highest BCUT2D eigenvalue weighted by Crippen LogP contribution is 2.46. The van der Waals surface area contributed by atoms with Crippen molar-refractivity contribution < 1.29 is 66.5 Å². The van der Waals surface area contributed by atoms with Crippen molar-refractivity contribution in [2.75, 3.05) is 6.61 Å². The second-order valence-corrected chi connectivity index (χ2v) is 7.15. The topological polar surface area (TPSA) is 238 Å². The molecule has 0 radical (unpaired) electrons. The molecule has 0 spiro atoms. The molecule has 132 valence electrons. The van der Waals surface area contributed by atoms with Crippen molar-refractivity contribution in [1.29, 1.82) is 0 Å². The van der Waals surface area contributed by atoms with Gasteiger partial charge in [0.1, 0.15) is 12.2 Å². The molecule has 0 aromatic carbocycles. The Morgan fingerprint density at radius 3 is 1.50 bits per heavy atom. The van der Waals surface area contributed by atoms with Gasteiger partial charge in [0.2, 0.25) is 0 Å². The largest absolute Gasteiger partial charge is 0.470 e. The molecule has 17 heteroatoms. The minimum Gasteiger partial charge on any atom is -0.394 e. The van der Waals surface area contributed by atoms with E-state index in [1.807, 2.05) is 0 Å². The van der Waals surface area contributed by atoms with Gasteiger partial charge in [-0.2, -0.15) is 0 Å². The first kappa shape index (κ1) is 22.0. The van der Waals surface area contributed by atoms with Crippen LogP contribution in [0.4, 0.5) is 0 Å². The molecule has 0 fully saturated rings.